The second kappa shape index (κ2) is 7.06. The first-order valence-electron chi connectivity index (χ1n) is 7.73. The van der Waals surface area contributed by atoms with Gasteiger partial charge in [0.15, 0.2) is 5.78 Å². The number of benzene rings is 1. The van der Waals surface area contributed by atoms with Crippen LogP contribution in [0.1, 0.15) is 33.4 Å². The number of Topliss-reactive ketones (excluding diaryl/α,β-unsaturated/α-hetero) is 1. The van der Waals surface area contributed by atoms with E-state index in [9.17, 15) is 19.2 Å². The molecule has 1 aromatic carbocycles. The number of nitrogens with one attached hydrogen (secondary N) is 2. The van der Waals surface area contributed by atoms with Crippen molar-refractivity contribution in [1.29, 1.82) is 0 Å². The maximum absolute atomic E-state index is 12.5. The Labute approximate surface area is 147 Å². The molecule has 26 heavy (non-hydrogen) atoms. The predicted octanol–water partition coefficient (Wildman–Crippen LogP) is 1.63. The zero-order valence-corrected chi connectivity index (χ0v) is 13.8. The highest BCUT2D eigenvalue weighted by Crippen LogP contribution is 2.11. The molecule has 0 fully saturated rings. The molecule has 8 nitrogen and oxygen atoms in total. The molecule has 2 N–H and O–H groups in total. The number of hydrogen-bond acceptors (Lipinski definition) is 5. The monoisotopic (exact) mass is 353 g/mol. The van der Waals surface area contributed by atoms with Crippen molar-refractivity contribution in [2.75, 3.05) is 5.32 Å². The van der Waals surface area contributed by atoms with Crippen molar-refractivity contribution in [2.45, 2.75) is 13.5 Å². The van der Waals surface area contributed by atoms with Crippen molar-refractivity contribution >= 4 is 17.4 Å². The van der Waals surface area contributed by atoms with Gasteiger partial charge in [-0.05, 0) is 43.3 Å². The molecule has 2 aromatic heterocycles. The summed E-state index contributed by atoms with van der Waals surface area (Å²) in [7, 11) is 0. The van der Waals surface area contributed by atoms with Gasteiger partial charge in [0.1, 0.15) is 11.3 Å². The van der Waals surface area contributed by atoms with Crippen LogP contribution in [0.2, 0.25) is 0 Å². The van der Waals surface area contributed by atoms with E-state index in [1.807, 2.05) is 0 Å². The van der Waals surface area contributed by atoms with Crippen molar-refractivity contribution in [3.8, 4) is 0 Å². The van der Waals surface area contributed by atoms with Crippen LogP contribution in [0.4, 0.5) is 5.69 Å². The standard InChI is InChI=1S/C18H15N3O5/c1-11(22)12-4-6-13(7-5-12)20-16(23)15-9-19-18(25)21(17(15)24)10-14-3-2-8-26-14/h2-9H,10H2,1H3,(H,19,25)(H,20,23). The van der Waals surface area contributed by atoms with Gasteiger partial charge in [0.05, 0.1) is 12.8 Å². The SMILES string of the molecule is CC(=O)c1ccc(NC(=O)c2c[nH]c(=O)n(Cc3ccco3)c2=O)cc1. The number of furan rings is 1. The number of amides is 1. The minimum Gasteiger partial charge on any atom is -0.467 e. The van der Waals surface area contributed by atoms with Gasteiger partial charge in [-0.2, -0.15) is 0 Å². The Bertz CT molecular complexity index is 1060. The van der Waals surface area contributed by atoms with Crippen LogP contribution in [0.3, 0.4) is 0 Å². The number of rotatable bonds is 5. The highest BCUT2D eigenvalue weighted by Gasteiger charge is 2.16. The van der Waals surface area contributed by atoms with E-state index in [0.29, 0.717) is 17.0 Å². The summed E-state index contributed by atoms with van der Waals surface area (Å²) >= 11 is 0. The van der Waals surface area contributed by atoms with E-state index in [1.54, 1.807) is 36.4 Å². The van der Waals surface area contributed by atoms with Crippen molar-refractivity contribution in [3.05, 3.63) is 86.6 Å². The van der Waals surface area contributed by atoms with Crippen LogP contribution in [-0.4, -0.2) is 21.2 Å². The molecule has 3 aromatic rings. The van der Waals surface area contributed by atoms with Gasteiger partial charge in [-0.3, -0.25) is 19.0 Å². The number of carbonyl (C=O) groups excluding carboxylic acids is 2. The summed E-state index contributed by atoms with van der Waals surface area (Å²) in [6.07, 6.45) is 2.50. The number of H-pyrrole nitrogens is 1. The van der Waals surface area contributed by atoms with Crippen LogP contribution in [0.25, 0.3) is 0 Å². The lowest BCUT2D eigenvalue weighted by atomic mass is 10.1. The summed E-state index contributed by atoms with van der Waals surface area (Å²) in [5.74, 6) is -0.352. The highest BCUT2D eigenvalue weighted by molar-refractivity contribution is 6.04. The van der Waals surface area contributed by atoms with E-state index in [4.69, 9.17) is 4.42 Å². The van der Waals surface area contributed by atoms with Gasteiger partial charge in [0, 0.05) is 17.4 Å². The van der Waals surface area contributed by atoms with Gasteiger partial charge in [-0.25, -0.2) is 4.79 Å². The summed E-state index contributed by atoms with van der Waals surface area (Å²) in [5, 5.41) is 2.56. The van der Waals surface area contributed by atoms with Crippen LogP contribution in [0.15, 0.2) is 62.9 Å². The Morgan fingerprint density at radius 2 is 1.88 bits per heavy atom. The zero-order chi connectivity index (χ0) is 18.7. The first-order chi connectivity index (χ1) is 12.5. The summed E-state index contributed by atoms with van der Waals surface area (Å²) in [4.78, 5) is 50.4. The van der Waals surface area contributed by atoms with Crippen LogP contribution in [-0.2, 0) is 6.54 Å². The summed E-state index contributed by atoms with van der Waals surface area (Å²) < 4.78 is 6.01. The number of hydrogen-bond donors (Lipinski definition) is 2. The van der Waals surface area contributed by atoms with Crippen molar-refractivity contribution < 1.29 is 14.0 Å². The van der Waals surface area contributed by atoms with Gasteiger partial charge in [-0.15, -0.1) is 0 Å². The van der Waals surface area contributed by atoms with E-state index in [-0.39, 0.29) is 17.9 Å². The lowest BCUT2D eigenvalue weighted by Gasteiger charge is -2.07. The van der Waals surface area contributed by atoms with E-state index >= 15 is 0 Å². The van der Waals surface area contributed by atoms with Gasteiger partial charge >= 0.3 is 5.69 Å². The van der Waals surface area contributed by atoms with Gasteiger partial charge in [0.2, 0.25) is 0 Å². The minimum atomic E-state index is -0.733. The predicted molar refractivity (Wildman–Crippen MR) is 93.5 cm³/mol. The largest absolute Gasteiger partial charge is 0.467 e. The fourth-order valence-corrected chi connectivity index (χ4v) is 2.36. The molecule has 0 unspecified atom stereocenters. The lowest BCUT2D eigenvalue weighted by Crippen LogP contribution is -2.39. The van der Waals surface area contributed by atoms with Crippen molar-refractivity contribution in [3.63, 3.8) is 0 Å². The second-order valence-electron chi connectivity index (χ2n) is 5.57. The summed E-state index contributed by atoms with van der Waals surface area (Å²) in [6.45, 7) is 1.35. The fourth-order valence-electron chi connectivity index (χ4n) is 2.36. The van der Waals surface area contributed by atoms with E-state index in [1.165, 1.54) is 13.2 Å². The molecule has 0 bridgehead atoms. The van der Waals surface area contributed by atoms with E-state index < -0.39 is 17.2 Å². The molecule has 3 rings (SSSR count). The van der Waals surface area contributed by atoms with Crippen LogP contribution < -0.4 is 16.6 Å². The molecular formula is C18H15N3O5. The maximum atomic E-state index is 12.5. The Morgan fingerprint density at radius 1 is 1.15 bits per heavy atom. The molecule has 0 saturated heterocycles. The number of ketones is 1. The highest BCUT2D eigenvalue weighted by atomic mass is 16.3. The topological polar surface area (TPSA) is 114 Å². The Kier molecular flexibility index (Phi) is 4.66. The molecule has 8 heteroatoms. The number of nitrogens with zero attached hydrogens (tertiary/aromatic N) is 1. The first-order valence-corrected chi connectivity index (χ1v) is 7.73. The van der Waals surface area contributed by atoms with E-state index in [2.05, 4.69) is 10.3 Å². The normalized spacial score (nSPS) is 10.5. The molecule has 2 heterocycles. The van der Waals surface area contributed by atoms with Gasteiger partial charge in [-0.1, -0.05) is 0 Å². The van der Waals surface area contributed by atoms with E-state index in [0.717, 1.165) is 10.8 Å². The third kappa shape index (κ3) is 3.54. The molecule has 0 aliphatic carbocycles. The Hall–Kier alpha value is -3.68. The zero-order valence-electron chi connectivity index (χ0n) is 13.8. The molecule has 0 radical (unpaired) electrons. The average molecular weight is 353 g/mol. The Morgan fingerprint density at radius 3 is 2.50 bits per heavy atom. The molecule has 0 spiro atoms. The first kappa shape index (κ1) is 17.2. The van der Waals surface area contributed by atoms with Crippen molar-refractivity contribution in [1.82, 2.24) is 9.55 Å². The molecular weight excluding hydrogens is 338 g/mol. The van der Waals surface area contributed by atoms with Crippen molar-refractivity contribution in [2.24, 2.45) is 0 Å². The van der Waals surface area contributed by atoms with Crippen LogP contribution in [0, 0.1) is 0 Å². The average Bonchev–Trinajstić information content (AvgIpc) is 3.12. The number of aromatic nitrogens is 2. The summed E-state index contributed by atoms with van der Waals surface area (Å²) in [5.41, 5.74) is -0.667. The lowest BCUT2D eigenvalue weighted by molar-refractivity contribution is 0.101. The molecule has 0 aliphatic rings. The second-order valence-corrected chi connectivity index (χ2v) is 5.57. The summed E-state index contributed by atoms with van der Waals surface area (Å²) in [6, 6.07) is 9.51. The number of aromatic amines is 1. The molecule has 132 valence electrons. The van der Waals surface area contributed by atoms with Crippen LogP contribution >= 0.6 is 0 Å². The third-order valence-corrected chi connectivity index (χ3v) is 3.75. The maximum Gasteiger partial charge on any atom is 0.328 e. The molecule has 1 amide bonds. The minimum absolute atomic E-state index is 0.0877. The van der Waals surface area contributed by atoms with Gasteiger partial charge < -0.3 is 14.7 Å². The fraction of sp³-hybridized carbons (Fsp3) is 0.111. The molecule has 0 atom stereocenters. The number of anilines is 1. The van der Waals surface area contributed by atoms with Crippen LogP contribution in [0.5, 0.6) is 0 Å². The molecule has 0 saturated carbocycles. The smallest absolute Gasteiger partial charge is 0.328 e. The van der Waals surface area contributed by atoms with Gasteiger partial charge in [0.25, 0.3) is 11.5 Å². The quantitative estimate of drug-likeness (QED) is 0.677. The third-order valence-electron chi connectivity index (χ3n) is 3.75. The Balaban J connectivity index is 1.86. The molecule has 0 aliphatic heterocycles. The number of carbonyl (C=O) groups is 2.